The topological polar surface area (TPSA) is 88.8 Å². The van der Waals surface area contributed by atoms with Gasteiger partial charge in [-0.3, -0.25) is 4.79 Å². The molecule has 0 bridgehead atoms. The Balaban J connectivity index is 2.34. The van der Waals surface area contributed by atoms with Crippen molar-refractivity contribution >= 4 is 17.6 Å². The Morgan fingerprint density at radius 3 is 2.65 bits per heavy atom. The van der Waals surface area contributed by atoms with Crippen LogP contribution in [-0.4, -0.2) is 23.1 Å². The predicted molar refractivity (Wildman–Crippen MR) is 85.2 cm³/mol. The summed E-state index contributed by atoms with van der Waals surface area (Å²) in [6, 6.07) is 5.93. The maximum absolute atomic E-state index is 12.4. The van der Waals surface area contributed by atoms with Crippen LogP contribution in [0.15, 0.2) is 34.9 Å². The second kappa shape index (κ2) is 7.00. The highest BCUT2D eigenvalue weighted by Gasteiger charge is 2.17. The highest BCUT2D eigenvalue weighted by molar-refractivity contribution is 6.06. The third-order valence-electron chi connectivity index (χ3n) is 3.15. The van der Waals surface area contributed by atoms with Gasteiger partial charge in [0.1, 0.15) is 11.5 Å². The molecule has 0 saturated carbocycles. The van der Waals surface area contributed by atoms with Gasteiger partial charge in [-0.15, -0.1) is 0 Å². The molecule has 1 aromatic heterocycles. The van der Waals surface area contributed by atoms with Crippen molar-refractivity contribution in [2.75, 3.05) is 5.32 Å². The Hall–Kier alpha value is -2.76. The number of carbonyl (C=O) groups excluding carboxylic acids is 1. The van der Waals surface area contributed by atoms with E-state index in [4.69, 9.17) is 14.3 Å². The quantitative estimate of drug-likeness (QED) is 0.850. The summed E-state index contributed by atoms with van der Waals surface area (Å²) < 4.78 is 10.9. The lowest BCUT2D eigenvalue weighted by Crippen LogP contribution is -2.16. The molecule has 1 heterocycles. The first-order valence-corrected chi connectivity index (χ1v) is 7.34. The average Bonchev–Trinajstić information content (AvgIpc) is 2.96. The molecular weight excluding hydrogens is 298 g/mol. The van der Waals surface area contributed by atoms with E-state index < -0.39 is 5.97 Å². The van der Waals surface area contributed by atoms with E-state index in [0.29, 0.717) is 29.2 Å². The fraction of sp³-hybridized carbons (Fsp3) is 0.294. The molecule has 23 heavy (non-hydrogen) atoms. The van der Waals surface area contributed by atoms with Crippen LogP contribution in [0.4, 0.5) is 5.69 Å². The second-order valence-electron chi connectivity index (χ2n) is 5.25. The van der Waals surface area contributed by atoms with Crippen LogP contribution in [0.2, 0.25) is 0 Å². The highest BCUT2D eigenvalue weighted by Crippen LogP contribution is 2.28. The molecule has 122 valence electrons. The van der Waals surface area contributed by atoms with E-state index in [2.05, 4.69) is 5.32 Å². The number of hydrogen-bond acceptors (Lipinski definition) is 4. The van der Waals surface area contributed by atoms with Crippen LogP contribution >= 0.6 is 0 Å². The molecule has 1 amide bonds. The molecule has 0 saturated heterocycles. The van der Waals surface area contributed by atoms with Crippen molar-refractivity contribution in [2.45, 2.75) is 33.3 Å². The lowest BCUT2D eigenvalue weighted by molar-refractivity contribution is 0.0696. The maximum atomic E-state index is 12.4. The van der Waals surface area contributed by atoms with Crippen LogP contribution in [0.5, 0.6) is 5.75 Å². The molecule has 0 unspecified atom stereocenters. The van der Waals surface area contributed by atoms with E-state index in [-0.39, 0.29) is 17.6 Å². The van der Waals surface area contributed by atoms with Gasteiger partial charge in [-0.25, -0.2) is 4.79 Å². The number of aromatic carboxylic acids is 1. The lowest BCUT2D eigenvalue weighted by atomic mass is 10.1. The molecule has 0 fully saturated rings. The van der Waals surface area contributed by atoms with Gasteiger partial charge in [-0.2, -0.15) is 0 Å². The number of aryl methyl sites for hydroxylation is 1. The van der Waals surface area contributed by atoms with Gasteiger partial charge in [0.15, 0.2) is 0 Å². The number of nitrogens with one attached hydrogen (secondary N) is 1. The van der Waals surface area contributed by atoms with Gasteiger partial charge < -0.3 is 19.6 Å². The van der Waals surface area contributed by atoms with E-state index in [1.54, 1.807) is 6.07 Å². The Bertz CT molecular complexity index is 718. The number of carboxylic acids is 1. The van der Waals surface area contributed by atoms with Gasteiger partial charge in [-0.1, -0.05) is 6.92 Å². The number of furan rings is 1. The van der Waals surface area contributed by atoms with Crippen molar-refractivity contribution in [1.29, 1.82) is 0 Å². The van der Waals surface area contributed by atoms with Crippen molar-refractivity contribution in [2.24, 2.45) is 0 Å². The summed E-state index contributed by atoms with van der Waals surface area (Å²) in [4.78, 5) is 23.5. The summed E-state index contributed by atoms with van der Waals surface area (Å²) >= 11 is 0. The minimum absolute atomic E-state index is 0.0688. The smallest absolute Gasteiger partial charge is 0.335 e. The van der Waals surface area contributed by atoms with Gasteiger partial charge in [-0.05, 0) is 38.1 Å². The van der Waals surface area contributed by atoms with Crippen LogP contribution < -0.4 is 10.1 Å². The second-order valence-corrected chi connectivity index (χ2v) is 5.25. The minimum atomic E-state index is -1.07. The first kappa shape index (κ1) is 16.6. The molecule has 0 aliphatic carbocycles. The number of anilines is 1. The molecule has 2 aromatic rings. The summed E-state index contributed by atoms with van der Waals surface area (Å²) in [6.45, 7) is 5.58. The van der Waals surface area contributed by atoms with Crippen LogP contribution in [0.1, 0.15) is 47.2 Å². The third-order valence-corrected chi connectivity index (χ3v) is 3.15. The molecule has 1 aromatic carbocycles. The zero-order valence-corrected chi connectivity index (χ0v) is 13.3. The Labute approximate surface area is 134 Å². The lowest BCUT2D eigenvalue weighted by Gasteiger charge is -2.15. The fourth-order valence-electron chi connectivity index (χ4n) is 2.12. The molecule has 2 N–H and O–H groups in total. The molecule has 0 aliphatic heterocycles. The molecule has 0 spiro atoms. The molecule has 6 heteroatoms. The van der Waals surface area contributed by atoms with Crippen molar-refractivity contribution in [3.8, 4) is 5.75 Å². The van der Waals surface area contributed by atoms with Gasteiger partial charge in [0.2, 0.25) is 0 Å². The number of carboxylic acid groups (broad SMARTS) is 1. The SMILES string of the molecule is CCc1occc1C(=O)Nc1cc(C(=O)O)ccc1OC(C)C. The van der Waals surface area contributed by atoms with Crippen LogP contribution in [0.3, 0.4) is 0 Å². The number of benzene rings is 1. The maximum Gasteiger partial charge on any atom is 0.335 e. The fourth-order valence-corrected chi connectivity index (χ4v) is 2.12. The number of amides is 1. The van der Waals surface area contributed by atoms with E-state index in [1.165, 1.54) is 24.5 Å². The van der Waals surface area contributed by atoms with E-state index in [1.807, 2.05) is 20.8 Å². The molecular formula is C17H19NO5. The molecule has 0 atom stereocenters. The largest absolute Gasteiger partial charge is 0.489 e. The van der Waals surface area contributed by atoms with Crippen molar-refractivity contribution in [3.63, 3.8) is 0 Å². The van der Waals surface area contributed by atoms with Gasteiger partial charge in [0.25, 0.3) is 5.91 Å². The zero-order chi connectivity index (χ0) is 17.0. The number of rotatable bonds is 6. The van der Waals surface area contributed by atoms with Gasteiger partial charge in [0, 0.05) is 6.42 Å². The van der Waals surface area contributed by atoms with E-state index in [0.717, 1.165) is 0 Å². The van der Waals surface area contributed by atoms with Gasteiger partial charge in [0.05, 0.1) is 29.2 Å². The monoisotopic (exact) mass is 317 g/mol. The summed E-state index contributed by atoms with van der Waals surface area (Å²) in [5.41, 5.74) is 0.801. The first-order chi connectivity index (χ1) is 10.9. The number of carbonyl (C=O) groups is 2. The van der Waals surface area contributed by atoms with Crippen molar-refractivity contribution < 1.29 is 23.8 Å². The summed E-state index contributed by atoms with van der Waals surface area (Å²) in [5, 5.41) is 11.8. The van der Waals surface area contributed by atoms with E-state index in [9.17, 15) is 9.59 Å². The Morgan fingerprint density at radius 1 is 1.30 bits per heavy atom. The van der Waals surface area contributed by atoms with Gasteiger partial charge >= 0.3 is 5.97 Å². The summed E-state index contributed by atoms with van der Waals surface area (Å²) in [6.07, 6.45) is 1.93. The highest BCUT2D eigenvalue weighted by atomic mass is 16.5. The predicted octanol–water partition coefficient (Wildman–Crippen LogP) is 3.58. The summed E-state index contributed by atoms with van der Waals surface area (Å²) in [7, 11) is 0. The first-order valence-electron chi connectivity index (χ1n) is 7.34. The average molecular weight is 317 g/mol. The molecule has 0 radical (unpaired) electrons. The zero-order valence-electron chi connectivity index (χ0n) is 13.3. The normalized spacial score (nSPS) is 10.6. The Kier molecular flexibility index (Phi) is 5.05. The summed E-state index contributed by atoms with van der Waals surface area (Å²) in [5.74, 6) is -0.455. The van der Waals surface area contributed by atoms with Crippen LogP contribution in [-0.2, 0) is 6.42 Å². The van der Waals surface area contributed by atoms with Crippen LogP contribution in [0.25, 0.3) is 0 Å². The van der Waals surface area contributed by atoms with Crippen molar-refractivity contribution in [1.82, 2.24) is 0 Å². The standard InChI is InChI=1S/C17H19NO5/c1-4-14-12(7-8-22-14)16(19)18-13-9-11(17(20)21)5-6-15(13)23-10(2)3/h5-10H,4H2,1-3H3,(H,18,19)(H,20,21). The number of hydrogen-bond donors (Lipinski definition) is 2. The molecule has 0 aliphatic rings. The van der Waals surface area contributed by atoms with E-state index >= 15 is 0 Å². The Morgan fingerprint density at radius 2 is 2.04 bits per heavy atom. The number of ether oxygens (including phenoxy) is 1. The third kappa shape index (κ3) is 3.91. The van der Waals surface area contributed by atoms with Crippen LogP contribution in [0, 0.1) is 0 Å². The van der Waals surface area contributed by atoms with Crippen molar-refractivity contribution in [3.05, 3.63) is 47.4 Å². The minimum Gasteiger partial charge on any atom is -0.489 e. The molecule has 2 rings (SSSR count). The molecule has 6 nitrogen and oxygen atoms in total.